The maximum absolute atomic E-state index is 14.3. The molecule has 0 spiro atoms. The highest BCUT2D eigenvalue weighted by atomic mass is 32.1. The smallest absolute Gasteiger partial charge is 0.250 e. The summed E-state index contributed by atoms with van der Waals surface area (Å²) in [6.45, 7) is 6.60. The van der Waals surface area contributed by atoms with E-state index in [4.69, 9.17) is 0 Å². The van der Waals surface area contributed by atoms with Crippen molar-refractivity contribution in [2.75, 3.05) is 24.5 Å². The Morgan fingerprint density at radius 2 is 1.93 bits per heavy atom. The molecule has 0 bridgehead atoms. The minimum absolute atomic E-state index is 0.136. The van der Waals surface area contributed by atoms with E-state index in [1.807, 2.05) is 50.3 Å². The van der Waals surface area contributed by atoms with E-state index < -0.39 is 18.1 Å². The maximum Gasteiger partial charge on any atom is 0.250 e. The molecule has 46 heavy (non-hydrogen) atoms. The number of thiophene rings is 1. The zero-order chi connectivity index (χ0) is 32.4. The SMILES string of the molecule is CC[C@H](C)[C@@H](C(=O)N[C@H]1CCc2cccc3c2N(C1=O)[C@H](C(=O)NCC1=CCN=N1)C3)N(CCc1cc2ccccc2s1)C(C)=O. The average Bonchev–Trinajstić information content (AvgIpc) is 3.79. The van der Waals surface area contributed by atoms with E-state index in [0.29, 0.717) is 50.9 Å². The van der Waals surface area contributed by atoms with E-state index in [1.165, 1.54) is 17.0 Å². The lowest BCUT2D eigenvalue weighted by molar-refractivity contribution is -0.142. The van der Waals surface area contributed by atoms with E-state index in [2.05, 4.69) is 39.1 Å². The molecular weight excluding hydrogens is 600 g/mol. The van der Waals surface area contributed by atoms with Crippen LogP contribution in [0.5, 0.6) is 0 Å². The van der Waals surface area contributed by atoms with Gasteiger partial charge in [0.2, 0.25) is 23.6 Å². The number of nitrogens with one attached hydrogen (secondary N) is 2. The molecule has 2 N–H and O–H groups in total. The number of fused-ring (bicyclic) bond motifs is 1. The molecule has 240 valence electrons. The fourth-order valence-electron chi connectivity index (χ4n) is 6.77. The predicted octanol–water partition coefficient (Wildman–Crippen LogP) is 4.56. The second kappa shape index (κ2) is 13.5. The highest BCUT2D eigenvalue weighted by Gasteiger charge is 2.45. The fourth-order valence-corrected chi connectivity index (χ4v) is 7.82. The predicted molar refractivity (Wildman–Crippen MR) is 179 cm³/mol. The van der Waals surface area contributed by atoms with Gasteiger partial charge in [0, 0.05) is 29.5 Å². The Balaban J connectivity index is 1.21. The van der Waals surface area contributed by atoms with Crippen LogP contribution < -0.4 is 15.5 Å². The summed E-state index contributed by atoms with van der Waals surface area (Å²) < 4.78 is 1.19. The van der Waals surface area contributed by atoms with Gasteiger partial charge in [0.1, 0.15) is 18.1 Å². The molecule has 3 aliphatic rings. The highest BCUT2D eigenvalue weighted by Crippen LogP contribution is 2.39. The van der Waals surface area contributed by atoms with Crippen LogP contribution in [0.15, 0.2) is 70.5 Å². The van der Waals surface area contributed by atoms with Gasteiger partial charge in [-0.15, -0.1) is 11.3 Å². The van der Waals surface area contributed by atoms with Gasteiger partial charge < -0.3 is 15.5 Å². The number of azo groups is 1. The van der Waals surface area contributed by atoms with Gasteiger partial charge in [-0.05, 0) is 59.9 Å². The quantitative estimate of drug-likeness (QED) is 0.319. The van der Waals surface area contributed by atoms with E-state index in [9.17, 15) is 19.2 Å². The summed E-state index contributed by atoms with van der Waals surface area (Å²) in [6, 6.07) is 13.9. The van der Waals surface area contributed by atoms with Gasteiger partial charge >= 0.3 is 0 Å². The number of rotatable bonds is 11. The molecule has 4 atom stereocenters. The van der Waals surface area contributed by atoms with Crippen molar-refractivity contribution in [2.45, 2.75) is 71.0 Å². The van der Waals surface area contributed by atoms with Crippen molar-refractivity contribution in [1.82, 2.24) is 15.5 Å². The number of aryl methyl sites for hydroxylation is 1. The van der Waals surface area contributed by atoms with Crippen molar-refractivity contribution in [3.05, 3.63) is 76.3 Å². The molecule has 4 amide bonds. The van der Waals surface area contributed by atoms with Crippen LogP contribution in [0, 0.1) is 5.92 Å². The Hall–Kier alpha value is -4.38. The van der Waals surface area contributed by atoms with Crippen LogP contribution in [-0.2, 0) is 38.4 Å². The van der Waals surface area contributed by atoms with Gasteiger partial charge in [0.05, 0.1) is 24.5 Å². The van der Waals surface area contributed by atoms with Gasteiger partial charge in [0.15, 0.2) is 0 Å². The van der Waals surface area contributed by atoms with Gasteiger partial charge in [-0.1, -0.05) is 56.7 Å². The van der Waals surface area contributed by atoms with Gasteiger partial charge in [0.25, 0.3) is 0 Å². The minimum Gasteiger partial charge on any atom is -0.349 e. The monoisotopic (exact) mass is 640 g/mol. The van der Waals surface area contributed by atoms with Crippen molar-refractivity contribution in [2.24, 2.45) is 16.1 Å². The van der Waals surface area contributed by atoms with Gasteiger partial charge in [-0.2, -0.15) is 10.2 Å². The fraction of sp³-hybridized carbons (Fsp3) is 0.429. The maximum atomic E-state index is 14.3. The Kier molecular flexibility index (Phi) is 9.30. The van der Waals surface area contributed by atoms with Crippen LogP contribution >= 0.6 is 11.3 Å². The highest BCUT2D eigenvalue weighted by molar-refractivity contribution is 7.19. The zero-order valence-corrected chi connectivity index (χ0v) is 27.3. The Bertz CT molecular complexity index is 1700. The van der Waals surface area contributed by atoms with Crippen LogP contribution in [-0.4, -0.2) is 66.3 Å². The lowest BCUT2D eigenvalue weighted by atomic mass is 9.95. The summed E-state index contributed by atoms with van der Waals surface area (Å²) in [5, 5.41) is 15.1. The number of amides is 4. The lowest BCUT2D eigenvalue weighted by Crippen LogP contribution is -2.59. The molecule has 6 rings (SSSR count). The molecule has 0 saturated heterocycles. The zero-order valence-electron chi connectivity index (χ0n) is 26.5. The van der Waals surface area contributed by atoms with Crippen molar-refractivity contribution >= 4 is 50.7 Å². The molecule has 0 unspecified atom stereocenters. The molecule has 10 nitrogen and oxygen atoms in total. The molecule has 11 heteroatoms. The largest absolute Gasteiger partial charge is 0.349 e. The Labute approximate surface area is 272 Å². The van der Waals surface area contributed by atoms with E-state index in [-0.39, 0.29) is 36.1 Å². The summed E-state index contributed by atoms with van der Waals surface area (Å²) in [7, 11) is 0. The molecule has 0 radical (unpaired) electrons. The van der Waals surface area contributed by atoms with Crippen LogP contribution in [0.1, 0.15) is 49.6 Å². The van der Waals surface area contributed by atoms with Crippen molar-refractivity contribution in [1.29, 1.82) is 0 Å². The Morgan fingerprint density at radius 3 is 2.67 bits per heavy atom. The molecule has 3 aromatic rings. The third kappa shape index (κ3) is 6.33. The molecule has 0 aliphatic carbocycles. The standard InChI is InChI=1S/C35H40N6O4S/c1-4-21(2)31(40(22(3)42)17-15-27-18-24-8-5-6-11-30(24)46-27)34(44)38-28-13-12-23-9-7-10-25-19-29(41(32(23)25)35(28)45)33(43)36-20-26-14-16-37-39-26/h5-11,14,18,21,28-29,31H,4,12-13,15-17,19-20H2,1-3H3,(H,36,43)(H,38,44)/t21-,28-,29-,31-/m0/s1. The number of carbonyl (C=O) groups is 4. The summed E-state index contributed by atoms with van der Waals surface area (Å²) >= 11 is 1.70. The summed E-state index contributed by atoms with van der Waals surface area (Å²) in [5.74, 6) is -1.24. The first-order chi connectivity index (χ1) is 22.2. The summed E-state index contributed by atoms with van der Waals surface area (Å²) in [4.78, 5) is 59.3. The summed E-state index contributed by atoms with van der Waals surface area (Å²) in [5.41, 5.74) is 3.39. The number of hydrogen-bond acceptors (Lipinski definition) is 7. The van der Waals surface area contributed by atoms with Gasteiger partial charge in [-0.25, -0.2) is 0 Å². The lowest BCUT2D eigenvalue weighted by Gasteiger charge is -2.35. The first-order valence-electron chi connectivity index (χ1n) is 16.1. The van der Waals surface area contributed by atoms with Crippen molar-refractivity contribution < 1.29 is 19.2 Å². The first kappa shape index (κ1) is 31.6. The van der Waals surface area contributed by atoms with Crippen molar-refractivity contribution in [3.8, 4) is 0 Å². The molecule has 1 aromatic heterocycles. The van der Waals surface area contributed by atoms with E-state index >= 15 is 0 Å². The number of nitrogens with zero attached hydrogens (tertiary/aromatic N) is 4. The molecule has 3 aliphatic heterocycles. The first-order valence-corrected chi connectivity index (χ1v) is 16.9. The second-order valence-corrected chi connectivity index (χ2v) is 13.5. The van der Waals surface area contributed by atoms with Crippen LogP contribution in [0.25, 0.3) is 10.1 Å². The van der Waals surface area contributed by atoms with Crippen LogP contribution in [0.3, 0.4) is 0 Å². The van der Waals surface area contributed by atoms with E-state index in [0.717, 1.165) is 21.7 Å². The average molecular weight is 641 g/mol. The van der Waals surface area contributed by atoms with Crippen LogP contribution in [0.4, 0.5) is 5.69 Å². The number of carbonyl (C=O) groups excluding carboxylic acids is 4. The Morgan fingerprint density at radius 1 is 1.13 bits per heavy atom. The van der Waals surface area contributed by atoms with Crippen LogP contribution in [0.2, 0.25) is 0 Å². The second-order valence-electron chi connectivity index (χ2n) is 12.3. The third-order valence-corrected chi connectivity index (χ3v) is 10.5. The number of para-hydroxylation sites is 1. The topological polar surface area (TPSA) is 124 Å². The summed E-state index contributed by atoms with van der Waals surface area (Å²) in [6.07, 6.45) is 4.53. The number of hydrogen-bond donors (Lipinski definition) is 2. The molecule has 0 fully saturated rings. The number of benzene rings is 2. The normalized spacial score (nSPS) is 19.8. The molecule has 4 heterocycles. The van der Waals surface area contributed by atoms with Gasteiger partial charge in [-0.3, -0.25) is 24.1 Å². The molecule has 0 saturated carbocycles. The minimum atomic E-state index is -0.838. The van der Waals surface area contributed by atoms with E-state index in [1.54, 1.807) is 21.1 Å². The molecule has 2 aromatic carbocycles. The molecular formula is C35H40N6O4S. The number of anilines is 1. The third-order valence-electron chi connectivity index (χ3n) is 9.34. The van der Waals surface area contributed by atoms with Crippen molar-refractivity contribution in [3.63, 3.8) is 0 Å².